The smallest absolute Gasteiger partial charge is 0.258 e. The first-order valence-corrected chi connectivity index (χ1v) is 11.4. The second-order valence-electron chi connectivity index (χ2n) is 7.88. The van der Waals surface area contributed by atoms with Crippen molar-refractivity contribution >= 4 is 5.69 Å². The summed E-state index contributed by atoms with van der Waals surface area (Å²) in [6.45, 7) is 2.25. The third kappa shape index (κ3) is 6.70. The minimum Gasteiger partial charge on any atom is -0.258 e. The van der Waals surface area contributed by atoms with E-state index < -0.39 is 4.92 Å². The first-order valence-electron chi connectivity index (χ1n) is 11.4. The normalized spacial score (nSPS) is 11.0. The van der Waals surface area contributed by atoms with Crippen molar-refractivity contribution in [3.05, 3.63) is 70.5 Å². The van der Waals surface area contributed by atoms with Crippen LogP contribution in [0.4, 0.5) is 5.69 Å². The van der Waals surface area contributed by atoms with Crippen molar-refractivity contribution in [2.45, 2.75) is 71.1 Å². The van der Waals surface area contributed by atoms with Crippen molar-refractivity contribution in [1.82, 2.24) is 15.0 Å². The Morgan fingerprint density at radius 3 is 2.10 bits per heavy atom. The van der Waals surface area contributed by atoms with Gasteiger partial charge in [0.15, 0.2) is 5.69 Å². The summed E-state index contributed by atoms with van der Waals surface area (Å²) >= 11 is 0. The van der Waals surface area contributed by atoms with Crippen LogP contribution in [0.3, 0.4) is 0 Å². The lowest BCUT2D eigenvalue weighted by Crippen LogP contribution is -2.43. The first kappa shape index (κ1) is 22.6. The molecule has 1 aromatic heterocycles. The van der Waals surface area contributed by atoms with Crippen LogP contribution in [0.25, 0.3) is 11.4 Å². The predicted octanol–water partition coefficient (Wildman–Crippen LogP) is 5.53. The SMILES string of the molecule is CCCCCCCCCCCc1nn(-c2ccccc2)[n+](-c2ccc([N+](=O)[O-])cc2)n1. The Bertz CT molecular complexity index is 938. The Labute approximate surface area is 183 Å². The van der Waals surface area contributed by atoms with Gasteiger partial charge in [0.25, 0.3) is 5.69 Å². The number of hydrogen-bond acceptors (Lipinski definition) is 4. The number of unbranched alkanes of at least 4 members (excludes halogenated alkanes) is 8. The number of tetrazole rings is 1. The molecule has 1 heterocycles. The van der Waals surface area contributed by atoms with Gasteiger partial charge in [-0.3, -0.25) is 10.1 Å². The average Bonchev–Trinajstić information content (AvgIpc) is 3.23. The van der Waals surface area contributed by atoms with E-state index in [-0.39, 0.29) is 5.69 Å². The standard InChI is InChI=1S/C24H32N5O2/c1-2-3-4-5-6-7-8-9-13-16-24-25-27(21-14-11-10-12-15-21)28(26-24)22-17-19-23(20-18-22)29(30)31/h10-12,14-15,17-20H,2-9,13,16H2,1H3/q+1. The van der Waals surface area contributed by atoms with Crippen LogP contribution in [0.15, 0.2) is 54.6 Å². The highest BCUT2D eigenvalue weighted by molar-refractivity contribution is 5.36. The van der Waals surface area contributed by atoms with Gasteiger partial charge in [0.1, 0.15) is 5.69 Å². The summed E-state index contributed by atoms with van der Waals surface area (Å²) in [6.07, 6.45) is 12.3. The minimum absolute atomic E-state index is 0.0602. The number of nitrogens with zero attached hydrogens (tertiary/aromatic N) is 5. The maximum atomic E-state index is 11.0. The Balaban J connectivity index is 1.63. The molecule has 3 rings (SSSR count). The Kier molecular flexibility index (Phi) is 8.70. The monoisotopic (exact) mass is 422 g/mol. The Hall–Kier alpha value is -3.09. The highest BCUT2D eigenvalue weighted by Gasteiger charge is 2.22. The summed E-state index contributed by atoms with van der Waals surface area (Å²) in [5, 5.41) is 20.4. The van der Waals surface area contributed by atoms with Gasteiger partial charge in [-0.2, -0.15) is 0 Å². The van der Waals surface area contributed by atoms with Crippen molar-refractivity contribution in [1.29, 1.82) is 0 Å². The van der Waals surface area contributed by atoms with Crippen LogP contribution in [-0.4, -0.2) is 19.9 Å². The molecule has 0 spiro atoms. The van der Waals surface area contributed by atoms with Gasteiger partial charge in [0.2, 0.25) is 0 Å². The Morgan fingerprint density at radius 1 is 0.871 bits per heavy atom. The van der Waals surface area contributed by atoms with Crippen LogP contribution in [0.5, 0.6) is 0 Å². The van der Waals surface area contributed by atoms with Gasteiger partial charge in [-0.15, -0.1) is 0 Å². The number of aryl methyl sites for hydroxylation is 1. The van der Waals surface area contributed by atoms with Gasteiger partial charge in [0, 0.05) is 23.4 Å². The topological polar surface area (TPSA) is 77.7 Å². The molecule has 7 heteroatoms. The molecule has 0 radical (unpaired) electrons. The van der Waals surface area contributed by atoms with E-state index in [1.54, 1.807) is 21.7 Å². The lowest BCUT2D eigenvalue weighted by molar-refractivity contribution is -0.735. The second-order valence-corrected chi connectivity index (χ2v) is 7.88. The molecule has 0 unspecified atom stereocenters. The lowest BCUT2D eigenvalue weighted by Gasteiger charge is -2.00. The highest BCUT2D eigenvalue weighted by atomic mass is 16.6. The van der Waals surface area contributed by atoms with Gasteiger partial charge in [-0.1, -0.05) is 76.5 Å². The summed E-state index contributed by atoms with van der Waals surface area (Å²) in [5.74, 6) is 0.783. The summed E-state index contributed by atoms with van der Waals surface area (Å²) in [6, 6.07) is 16.2. The third-order valence-electron chi connectivity index (χ3n) is 5.38. The number of benzene rings is 2. The fourth-order valence-corrected chi connectivity index (χ4v) is 3.62. The first-order chi connectivity index (χ1) is 15.2. The van der Waals surface area contributed by atoms with Crippen LogP contribution < -0.4 is 4.80 Å². The van der Waals surface area contributed by atoms with Gasteiger partial charge in [-0.05, 0) is 40.6 Å². The van der Waals surface area contributed by atoms with E-state index in [1.165, 1.54) is 63.5 Å². The summed E-state index contributed by atoms with van der Waals surface area (Å²) in [5.41, 5.74) is 1.69. The third-order valence-corrected chi connectivity index (χ3v) is 5.38. The molecule has 0 atom stereocenters. The fraction of sp³-hybridized carbons (Fsp3) is 0.458. The van der Waals surface area contributed by atoms with E-state index >= 15 is 0 Å². The number of nitro groups is 1. The van der Waals surface area contributed by atoms with Crippen LogP contribution in [-0.2, 0) is 6.42 Å². The minimum atomic E-state index is -0.397. The molecule has 0 aliphatic carbocycles. The molecule has 0 N–H and O–H groups in total. The number of rotatable bonds is 13. The van der Waals surface area contributed by atoms with Crippen molar-refractivity contribution in [3.63, 3.8) is 0 Å². The van der Waals surface area contributed by atoms with Crippen LogP contribution in [0.2, 0.25) is 0 Å². The summed E-state index contributed by atoms with van der Waals surface area (Å²) in [7, 11) is 0. The maximum Gasteiger partial charge on any atom is 0.309 e. The molecule has 3 aromatic rings. The van der Waals surface area contributed by atoms with Gasteiger partial charge in [0.05, 0.1) is 10.0 Å². The quantitative estimate of drug-likeness (QED) is 0.157. The molecule has 0 bridgehead atoms. The largest absolute Gasteiger partial charge is 0.309 e. The van der Waals surface area contributed by atoms with Crippen molar-refractivity contribution < 1.29 is 9.72 Å². The molecule has 0 aliphatic rings. The molecule has 164 valence electrons. The number of nitro benzene ring substituents is 1. The maximum absolute atomic E-state index is 11.0. The molecule has 0 fully saturated rings. The zero-order valence-corrected chi connectivity index (χ0v) is 18.3. The number of non-ortho nitro benzene ring substituents is 1. The average molecular weight is 423 g/mol. The van der Waals surface area contributed by atoms with Crippen LogP contribution >= 0.6 is 0 Å². The van der Waals surface area contributed by atoms with Gasteiger partial charge in [-0.25, -0.2) is 0 Å². The lowest BCUT2D eigenvalue weighted by atomic mass is 10.1. The van der Waals surface area contributed by atoms with Crippen LogP contribution in [0, 0.1) is 10.1 Å². The Morgan fingerprint density at radius 2 is 1.48 bits per heavy atom. The van der Waals surface area contributed by atoms with E-state index in [9.17, 15) is 10.1 Å². The fourth-order valence-electron chi connectivity index (χ4n) is 3.62. The van der Waals surface area contributed by atoms with E-state index in [1.807, 2.05) is 30.3 Å². The molecular formula is C24H32N5O2+. The zero-order chi connectivity index (χ0) is 21.9. The van der Waals surface area contributed by atoms with E-state index in [0.29, 0.717) is 0 Å². The molecule has 0 aliphatic heterocycles. The van der Waals surface area contributed by atoms with Crippen molar-refractivity contribution in [2.24, 2.45) is 0 Å². The van der Waals surface area contributed by atoms with Gasteiger partial charge < -0.3 is 0 Å². The van der Waals surface area contributed by atoms with E-state index in [4.69, 9.17) is 10.2 Å². The van der Waals surface area contributed by atoms with Crippen LogP contribution in [0.1, 0.15) is 70.5 Å². The van der Waals surface area contributed by atoms with E-state index in [2.05, 4.69) is 6.92 Å². The molecule has 0 amide bonds. The number of para-hydroxylation sites is 1. The molecule has 7 nitrogen and oxygen atoms in total. The predicted molar refractivity (Wildman–Crippen MR) is 120 cm³/mol. The zero-order valence-electron chi connectivity index (χ0n) is 18.3. The second kappa shape index (κ2) is 11.9. The molecule has 0 saturated heterocycles. The highest BCUT2D eigenvalue weighted by Crippen LogP contribution is 2.14. The van der Waals surface area contributed by atoms with Gasteiger partial charge >= 0.3 is 5.82 Å². The molecule has 31 heavy (non-hydrogen) atoms. The van der Waals surface area contributed by atoms with E-state index in [0.717, 1.165) is 30.0 Å². The summed E-state index contributed by atoms with van der Waals surface area (Å²) < 4.78 is 0. The molecule has 2 aromatic carbocycles. The number of aromatic nitrogens is 4. The molecular weight excluding hydrogens is 390 g/mol. The number of hydrogen-bond donors (Lipinski definition) is 0. The molecule has 0 saturated carbocycles. The van der Waals surface area contributed by atoms with Crippen molar-refractivity contribution in [3.8, 4) is 11.4 Å². The summed E-state index contributed by atoms with van der Waals surface area (Å²) in [4.78, 5) is 14.0. The van der Waals surface area contributed by atoms with Crippen molar-refractivity contribution in [2.75, 3.05) is 0 Å².